The van der Waals surface area contributed by atoms with Crippen molar-refractivity contribution in [2.75, 3.05) is 39.3 Å². The summed E-state index contributed by atoms with van der Waals surface area (Å²) in [5.74, 6) is 0.176. The molecule has 1 amide bonds. The van der Waals surface area contributed by atoms with Gasteiger partial charge in [0.15, 0.2) is 0 Å². The van der Waals surface area contributed by atoms with E-state index in [2.05, 4.69) is 54.9 Å². The highest BCUT2D eigenvalue weighted by molar-refractivity contribution is 5.78. The number of allylic oxidation sites excluding steroid dienone is 2. The van der Waals surface area contributed by atoms with Crippen molar-refractivity contribution < 1.29 is 9.72 Å². The van der Waals surface area contributed by atoms with Crippen LogP contribution in [-0.4, -0.2) is 59.9 Å². The molecule has 1 N–H and O–H groups in total. The number of rotatable bonds is 12. The van der Waals surface area contributed by atoms with E-state index >= 15 is 0 Å². The number of carbonyl (C=O) groups excluding carboxylic acids is 1. The Morgan fingerprint density at radius 2 is 1.81 bits per heavy atom. The highest BCUT2D eigenvalue weighted by atomic mass is 16.6. The fourth-order valence-electron chi connectivity index (χ4n) is 3.89. The Hall–Kier alpha value is -2.51. The van der Waals surface area contributed by atoms with Crippen molar-refractivity contribution in [1.82, 2.24) is 15.1 Å². The minimum Gasteiger partial charge on any atom is -0.351 e. The molecule has 0 radical (unpaired) electrons. The first-order valence-electron chi connectivity index (χ1n) is 11.1. The molecule has 0 heterocycles. The van der Waals surface area contributed by atoms with Crippen molar-refractivity contribution in [2.45, 2.75) is 40.7 Å². The number of aryl methyl sites for hydroxylation is 2. The largest absolute Gasteiger partial charge is 0.351 e. The molecule has 0 saturated heterocycles. The van der Waals surface area contributed by atoms with Crippen LogP contribution in [0.3, 0.4) is 0 Å². The monoisotopic (exact) mass is 428 g/mol. The molecule has 31 heavy (non-hydrogen) atoms. The van der Waals surface area contributed by atoms with Gasteiger partial charge < -0.3 is 10.2 Å². The minimum absolute atomic E-state index is 0.00325. The van der Waals surface area contributed by atoms with Crippen LogP contribution in [0.4, 0.5) is 0 Å². The SMILES string of the molecule is CCN(CC)CCN(CC(=O)NCc1c(C)cccc1C)CC1C=CC([N+](=O)[O-])=CC1. The maximum atomic E-state index is 12.7. The third-order valence-corrected chi connectivity index (χ3v) is 5.97. The molecule has 0 fully saturated rings. The van der Waals surface area contributed by atoms with E-state index in [9.17, 15) is 14.9 Å². The molecule has 1 aromatic carbocycles. The minimum atomic E-state index is -0.355. The fourth-order valence-corrected chi connectivity index (χ4v) is 3.89. The van der Waals surface area contributed by atoms with E-state index in [0.29, 0.717) is 26.1 Å². The van der Waals surface area contributed by atoms with Crippen LogP contribution in [-0.2, 0) is 11.3 Å². The molecule has 1 atom stereocenters. The zero-order chi connectivity index (χ0) is 22.8. The van der Waals surface area contributed by atoms with Gasteiger partial charge in [0.2, 0.25) is 5.91 Å². The maximum absolute atomic E-state index is 12.7. The lowest BCUT2D eigenvalue weighted by Crippen LogP contribution is -2.43. The average molecular weight is 429 g/mol. The van der Waals surface area contributed by atoms with Crippen LogP contribution in [0.15, 0.2) is 42.1 Å². The van der Waals surface area contributed by atoms with Gasteiger partial charge in [-0.15, -0.1) is 0 Å². The van der Waals surface area contributed by atoms with Crippen LogP contribution < -0.4 is 5.32 Å². The number of nitrogens with one attached hydrogen (secondary N) is 1. The molecule has 7 nitrogen and oxygen atoms in total. The number of hydrogen-bond donors (Lipinski definition) is 1. The lowest BCUT2D eigenvalue weighted by atomic mass is 9.99. The van der Waals surface area contributed by atoms with Crippen LogP contribution in [0.2, 0.25) is 0 Å². The van der Waals surface area contributed by atoms with Crippen LogP contribution >= 0.6 is 0 Å². The summed E-state index contributed by atoms with van der Waals surface area (Å²) in [7, 11) is 0. The fraction of sp³-hybridized carbons (Fsp3) is 0.542. The zero-order valence-electron chi connectivity index (χ0n) is 19.3. The average Bonchev–Trinajstić information content (AvgIpc) is 2.74. The summed E-state index contributed by atoms with van der Waals surface area (Å²) in [4.78, 5) is 27.8. The predicted octanol–water partition coefficient (Wildman–Crippen LogP) is 3.30. The number of nitro groups is 1. The number of nitrogens with zero attached hydrogens (tertiary/aromatic N) is 3. The molecule has 7 heteroatoms. The molecule has 0 saturated carbocycles. The summed E-state index contributed by atoms with van der Waals surface area (Å²) in [6.07, 6.45) is 5.78. The Labute approximate surface area is 185 Å². The van der Waals surface area contributed by atoms with Gasteiger partial charge in [-0.25, -0.2) is 0 Å². The molecule has 0 aliphatic heterocycles. The van der Waals surface area contributed by atoms with Crippen LogP contribution in [0.1, 0.15) is 37.0 Å². The van der Waals surface area contributed by atoms with Gasteiger partial charge in [0.25, 0.3) is 5.70 Å². The topological polar surface area (TPSA) is 78.7 Å². The summed E-state index contributed by atoms with van der Waals surface area (Å²) in [5.41, 5.74) is 3.68. The Kier molecular flexibility index (Phi) is 9.88. The lowest BCUT2D eigenvalue weighted by molar-refractivity contribution is -0.419. The normalized spacial score (nSPS) is 15.9. The quantitative estimate of drug-likeness (QED) is 0.408. The molecule has 170 valence electrons. The summed E-state index contributed by atoms with van der Waals surface area (Å²) < 4.78 is 0. The highest BCUT2D eigenvalue weighted by Crippen LogP contribution is 2.18. The van der Waals surface area contributed by atoms with E-state index < -0.39 is 0 Å². The Morgan fingerprint density at radius 3 is 2.35 bits per heavy atom. The number of carbonyl (C=O) groups is 1. The Balaban J connectivity index is 1.96. The first kappa shape index (κ1) is 24.8. The first-order valence-corrected chi connectivity index (χ1v) is 11.1. The molecule has 1 aliphatic rings. The van der Waals surface area contributed by atoms with Gasteiger partial charge in [0.1, 0.15) is 0 Å². The number of benzene rings is 1. The van der Waals surface area contributed by atoms with E-state index in [1.54, 1.807) is 12.2 Å². The van der Waals surface area contributed by atoms with Crippen molar-refractivity contribution in [1.29, 1.82) is 0 Å². The van der Waals surface area contributed by atoms with Crippen molar-refractivity contribution in [3.05, 3.63) is 68.9 Å². The van der Waals surface area contributed by atoms with Gasteiger partial charge in [-0.1, -0.05) is 38.1 Å². The molecular formula is C24H36N4O3. The van der Waals surface area contributed by atoms with Gasteiger partial charge >= 0.3 is 0 Å². The molecule has 0 bridgehead atoms. The van der Waals surface area contributed by atoms with E-state index in [1.807, 2.05) is 12.1 Å². The van der Waals surface area contributed by atoms with Crippen molar-refractivity contribution >= 4 is 5.91 Å². The van der Waals surface area contributed by atoms with E-state index in [4.69, 9.17) is 0 Å². The third kappa shape index (κ3) is 7.92. The van der Waals surface area contributed by atoms with Gasteiger partial charge in [-0.3, -0.25) is 19.8 Å². The lowest BCUT2D eigenvalue weighted by Gasteiger charge is -2.28. The van der Waals surface area contributed by atoms with Crippen molar-refractivity contribution in [2.24, 2.45) is 5.92 Å². The van der Waals surface area contributed by atoms with E-state index in [1.165, 1.54) is 16.7 Å². The number of amides is 1. The molecule has 0 spiro atoms. The summed E-state index contributed by atoms with van der Waals surface area (Å²) >= 11 is 0. The van der Waals surface area contributed by atoms with Gasteiger partial charge in [-0.2, -0.15) is 0 Å². The van der Waals surface area contributed by atoms with E-state index in [0.717, 1.165) is 26.2 Å². The van der Waals surface area contributed by atoms with Crippen molar-refractivity contribution in [3.63, 3.8) is 0 Å². The molecule has 1 aliphatic carbocycles. The van der Waals surface area contributed by atoms with Crippen molar-refractivity contribution in [3.8, 4) is 0 Å². The highest BCUT2D eigenvalue weighted by Gasteiger charge is 2.20. The summed E-state index contributed by atoms with van der Waals surface area (Å²) in [6, 6.07) is 6.15. The third-order valence-electron chi connectivity index (χ3n) is 5.97. The van der Waals surface area contributed by atoms with Crippen LogP contribution in [0, 0.1) is 29.9 Å². The molecular weight excluding hydrogens is 392 g/mol. The smallest absolute Gasteiger partial charge is 0.265 e. The van der Waals surface area contributed by atoms with Crippen LogP contribution in [0.25, 0.3) is 0 Å². The second-order valence-corrected chi connectivity index (χ2v) is 8.15. The summed E-state index contributed by atoms with van der Waals surface area (Å²) in [5, 5.41) is 14.0. The van der Waals surface area contributed by atoms with E-state index in [-0.39, 0.29) is 22.4 Å². The molecule has 2 rings (SSSR count). The Bertz CT molecular complexity index is 795. The van der Waals surface area contributed by atoms with Gasteiger partial charge in [0.05, 0.1) is 11.5 Å². The molecule has 1 unspecified atom stereocenters. The molecule has 0 aromatic heterocycles. The van der Waals surface area contributed by atoms with Gasteiger partial charge in [-0.05, 0) is 62.0 Å². The zero-order valence-corrected chi connectivity index (χ0v) is 19.3. The maximum Gasteiger partial charge on any atom is 0.265 e. The number of hydrogen-bond acceptors (Lipinski definition) is 5. The van der Waals surface area contributed by atoms with Crippen LogP contribution in [0.5, 0.6) is 0 Å². The summed E-state index contributed by atoms with van der Waals surface area (Å²) in [6.45, 7) is 13.6. The number of likely N-dealkylation sites (N-methyl/N-ethyl adjacent to an activating group) is 1. The van der Waals surface area contributed by atoms with Gasteiger partial charge in [0, 0.05) is 32.3 Å². The standard InChI is InChI=1S/C24H36N4O3/c1-5-26(6-2)14-15-27(17-21-10-12-22(13-11-21)28(30)31)18-24(29)25-16-23-19(3)8-7-9-20(23)4/h7-10,12-13,21H,5-6,11,14-18H2,1-4H3,(H,25,29). The molecule has 1 aromatic rings. The Morgan fingerprint density at radius 1 is 1.16 bits per heavy atom. The predicted molar refractivity (Wildman–Crippen MR) is 124 cm³/mol. The second-order valence-electron chi connectivity index (χ2n) is 8.15. The second kappa shape index (κ2) is 12.4. The first-order chi connectivity index (χ1) is 14.8.